The summed E-state index contributed by atoms with van der Waals surface area (Å²) in [5, 5.41) is 9.73. The Hall–Kier alpha value is -0.130. The number of aliphatic hydroxyl groups excluding tert-OH is 1. The summed E-state index contributed by atoms with van der Waals surface area (Å²) in [6.07, 6.45) is 6.69. The van der Waals surface area contributed by atoms with Crippen LogP contribution < -0.4 is 0 Å². The van der Waals surface area contributed by atoms with Crippen molar-refractivity contribution >= 4 is 10.0 Å². The van der Waals surface area contributed by atoms with Crippen LogP contribution >= 0.6 is 0 Å². The Morgan fingerprint density at radius 3 is 2.12 bits per heavy atom. The van der Waals surface area contributed by atoms with Crippen LogP contribution in [-0.4, -0.2) is 42.3 Å². The molecule has 100 valence electrons. The van der Waals surface area contributed by atoms with E-state index < -0.39 is 16.1 Å². The lowest BCUT2D eigenvalue weighted by Gasteiger charge is -2.35. The molecule has 17 heavy (non-hydrogen) atoms. The average molecular weight is 261 g/mol. The van der Waals surface area contributed by atoms with Gasteiger partial charge in [-0.15, -0.1) is 0 Å². The Morgan fingerprint density at radius 1 is 1.00 bits per heavy atom. The molecule has 0 amide bonds. The molecule has 0 aliphatic heterocycles. The lowest BCUT2D eigenvalue weighted by atomic mass is 9.93. The number of hydrogen-bond acceptors (Lipinski definition) is 3. The summed E-state index contributed by atoms with van der Waals surface area (Å²) in [6, 6.07) is -0.200. The van der Waals surface area contributed by atoms with Crippen LogP contribution in [0.2, 0.25) is 0 Å². The largest absolute Gasteiger partial charge is 0.391 e. The Kier molecular flexibility index (Phi) is 4.10. The van der Waals surface area contributed by atoms with E-state index >= 15 is 0 Å². The van der Waals surface area contributed by atoms with E-state index in [1.165, 1.54) is 4.31 Å². The molecule has 4 nitrogen and oxygen atoms in total. The lowest BCUT2D eigenvalue weighted by Crippen LogP contribution is -2.48. The van der Waals surface area contributed by atoms with Crippen molar-refractivity contribution in [2.24, 2.45) is 0 Å². The highest BCUT2D eigenvalue weighted by atomic mass is 32.2. The Bertz CT molecular complexity index is 349. The van der Waals surface area contributed by atoms with Gasteiger partial charge in [0.15, 0.2) is 0 Å². The first-order valence-electron chi connectivity index (χ1n) is 6.68. The first-order chi connectivity index (χ1) is 8.03. The highest BCUT2D eigenvalue weighted by Crippen LogP contribution is 2.30. The fourth-order valence-corrected chi connectivity index (χ4v) is 5.15. The summed E-state index contributed by atoms with van der Waals surface area (Å²) in [5.74, 6) is 0. The summed E-state index contributed by atoms with van der Waals surface area (Å²) >= 11 is 0. The number of aliphatic hydroxyl groups is 1. The van der Waals surface area contributed by atoms with Gasteiger partial charge >= 0.3 is 0 Å². The number of sulfonamides is 1. The molecular weight excluding hydrogens is 238 g/mol. The second-order valence-corrected chi connectivity index (χ2v) is 7.66. The molecule has 2 fully saturated rings. The van der Waals surface area contributed by atoms with Crippen molar-refractivity contribution in [3.63, 3.8) is 0 Å². The summed E-state index contributed by atoms with van der Waals surface area (Å²) in [5.41, 5.74) is 0. The monoisotopic (exact) mass is 261 g/mol. The third-order valence-corrected chi connectivity index (χ3v) is 6.67. The minimum atomic E-state index is -3.20. The van der Waals surface area contributed by atoms with Gasteiger partial charge < -0.3 is 5.11 Å². The van der Waals surface area contributed by atoms with Crippen molar-refractivity contribution in [3.8, 4) is 0 Å². The van der Waals surface area contributed by atoms with Crippen LogP contribution in [0.5, 0.6) is 0 Å². The number of rotatable bonds is 3. The maximum absolute atomic E-state index is 12.4. The Labute approximate surface area is 104 Å². The zero-order valence-corrected chi connectivity index (χ0v) is 11.3. The number of hydrogen-bond donors (Lipinski definition) is 1. The van der Waals surface area contributed by atoms with E-state index in [9.17, 15) is 13.5 Å². The molecule has 1 N–H and O–H groups in total. The molecule has 0 aromatic heterocycles. The van der Waals surface area contributed by atoms with Crippen molar-refractivity contribution < 1.29 is 13.5 Å². The lowest BCUT2D eigenvalue weighted by molar-refractivity contribution is 0.0634. The topological polar surface area (TPSA) is 57.6 Å². The molecule has 0 saturated heterocycles. The normalized spacial score (nSPS) is 32.2. The van der Waals surface area contributed by atoms with Crippen LogP contribution in [0.25, 0.3) is 0 Å². The van der Waals surface area contributed by atoms with Crippen LogP contribution in [-0.2, 0) is 10.0 Å². The summed E-state index contributed by atoms with van der Waals surface area (Å²) in [4.78, 5) is 0. The van der Waals surface area contributed by atoms with Crippen LogP contribution in [0.3, 0.4) is 0 Å². The van der Waals surface area contributed by atoms with Gasteiger partial charge in [0, 0.05) is 7.05 Å². The predicted octanol–water partition coefficient (Wildman–Crippen LogP) is 1.49. The van der Waals surface area contributed by atoms with Gasteiger partial charge in [0.25, 0.3) is 0 Å². The molecule has 5 heteroatoms. The SMILES string of the molecule is CN(C1CCCCC1O)S(=O)(=O)C1CCCC1. The average Bonchev–Trinajstić information content (AvgIpc) is 2.83. The van der Waals surface area contributed by atoms with Gasteiger partial charge in [0.1, 0.15) is 0 Å². The Morgan fingerprint density at radius 2 is 1.53 bits per heavy atom. The van der Waals surface area contributed by atoms with Crippen LogP contribution in [0.4, 0.5) is 0 Å². The standard InChI is InChI=1S/C12H23NO3S/c1-13(11-8-4-5-9-12(11)14)17(15,16)10-6-2-3-7-10/h10-12,14H,2-9H2,1H3. The quantitative estimate of drug-likeness (QED) is 0.837. The number of nitrogens with zero attached hydrogens (tertiary/aromatic N) is 1. The summed E-state index contributed by atoms with van der Waals surface area (Å²) in [6.45, 7) is 0. The van der Waals surface area contributed by atoms with Gasteiger partial charge in [-0.1, -0.05) is 25.7 Å². The second-order valence-electron chi connectivity index (χ2n) is 5.39. The fourth-order valence-electron chi connectivity index (χ4n) is 3.13. The minimum Gasteiger partial charge on any atom is -0.391 e. The molecule has 2 aliphatic carbocycles. The molecule has 2 saturated carbocycles. The first kappa shape index (κ1) is 13.3. The molecule has 0 heterocycles. The maximum Gasteiger partial charge on any atom is 0.217 e. The molecule has 0 spiro atoms. The molecule has 0 aromatic carbocycles. The highest BCUT2D eigenvalue weighted by Gasteiger charge is 2.38. The van der Waals surface area contributed by atoms with Crippen LogP contribution in [0.1, 0.15) is 51.4 Å². The molecule has 2 unspecified atom stereocenters. The third kappa shape index (κ3) is 2.66. The van der Waals surface area contributed by atoms with Crippen molar-refractivity contribution in [2.75, 3.05) is 7.05 Å². The maximum atomic E-state index is 12.4. The predicted molar refractivity (Wildman–Crippen MR) is 67.2 cm³/mol. The van der Waals surface area contributed by atoms with E-state index in [1.807, 2.05) is 0 Å². The molecular formula is C12H23NO3S. The van der Waals surface area contributed by atoms with E-state index in [0.717, 1.165) is 51.4 Å². The fraction of sp³-hybridized carbons (Fsp3) is 1.00. The molecule has 0 bridgehead atoms. The van der Waals surface area contributed by atoms with Gasteiger partial charge in [-0.05, 0) is 25.7 Å². The minimum absolute atomic E-state index is 0.200. The van der Waals surface area contributed by atoms with Crippen LogP contribution in [0, 0.1) is 0 Å². The zero-order valence-electron chi connectivity index (χ0n) is 10.5. The van der Waals surface area contributed by atoms with Crippen molar-refractivity contribution in [1.29, 1.82) is 0 Å². The van der Waals surface area contributed by atoms with Gasteiger partial charge in [0.05, 0.1) is 17.4 Å². The summed E-state index contributed by atoms with van der Waals surface area (Å²) < 4.78 is 26.2. The van der Waals surface area contributed by atoms with E-state index in [1.54, 1.807) is 7.05 Å². The second kappa shape index (κ2) is 5.24. The molecule has 0 radical (unpaired) electrons. The van der Waals surface area contributed by atoms with E-state index in [0.29, 0.717) is 0 Å². The smallest absolute Gasteiger partial charge is 0.217 e. The zero-order chi connectivity index (χ0) is 12.5. The van der Waals surface area contributed by atoms with E-state index in [-0.39, 0.29) is 11.3 Å². The van der Waals surface area contributed by atoms with Crippen molar-refractivity contribution in [3.05, 3.63) is 0 Å². The molecule has 2 rings (SSSR count). The van der Waals surface area contributed by atoms with Gasteiger partial charge in [-0.3, -0.25) is 0 Å². The third-order valence-electron chi connectivity index (χ3n) is 4.29. The highest BCUT2D eigenvalue weighted by molar-refractivity contribution is 7.89. The molecule has 2 aliphatic rings. The Balaban J connectivity index is 2.09. The van der Waals surface area contributed by atoms with Gasteiger partial charge in [-0.2, -0.15) is 4.31 Å². The van der Waals surface area contributed by atoms with E-state index in [2.05, 4.69) is 0 Å². The first-order valence-corrected chi connectivity index (χ1v) is 8.18. The van der Waals surface area contributed by atoms with Crippen LogP contribution in [0.15, 0.2) is 0 Å². The van der Waals surface area contributed by atoms with Crippen molar-refractivity contribution in [2.45, 2.75) is 68.8 Å². The van der Waals surface area contributed by atoms with Gasteiger partial charge in [-0.25, -0.2) is 8.42 Å². The number of likely N-dealkylation sites (N-methyl/N-ethyl adjacent to an activating group) is 1. The van der Waals surface area contributed by atoms with Crippen molar-refractivity contribution in [1.82, 2.24) is 4.31 Å². The summed E-state index contributed by atoms with van der Waals surface area (Å²) in [7, 11) is -1.55. The van der Waals surface area contributed by atoms with E-state index in [4.69, 9.17) is 0 Å². The molecule has 0 aromatic rings. The van der Waals surface area contributed by atoms with Gasteiger partial charge in [0.2, 0.25) is 10.0 Å². The molecule has 2 atom stereocenters.